The number of carbonyl (C=O) groups excluding carboxylic acids is 1. The summed E-state index contributed by atoms with van der Waals surface area (Å²) in [6, 6.07) is 8.34. The summed E-state index contributed by atoms with van der Waals surface area (Å²) in [6.45, 7) is 4.09. The lowest BCUT2D eigenvalue weighted by Gasteiger charge is -2.21. The monoisotopic (exact) mass is 354 g/mol. The SMILES string of the molecule is Cc1ccc(CN(C)CC(=O)N2C[C@@H](Cc3cnccn3)[C@H](O)C2)cc1. The number of aliphatic hydroxyl groups is 1. The predicted molar refractivity (Wildman–Crippen MR) is 99.3 cm³/mol. The largest absolute Gasteiger partial charge is 0.391 e. The number of carbonyl (C=O) groups is 1. The van der Waals surface area contributed by atoms with Crippen LogP contribution in [-0.2, 0) is 17.8 Å². The average molecular weight is 354 g/mol. The zero-order chi connectivity index (χ0) is 18.5. The molecule has 0 unspecified atom stereocenters. The highest BCUT2D eigenvalue weighted by molar-refractivity contribution is 5.78. The third-order valence-electron chi connectivity index (χ3n) is 4.83. The Morgan fingerprint density at radius 3 is 2.73 bits per heavy atom. The van der Waals surface area contributed by atoms with Crippen molar-refractivity contribution in [2.24, 2.45) is 5.92 Å². The Morgan fingerprint density at radius 2 is 2.04 bits per heavy atom. The molecule has 3 rings (SSSR count). The molecule has 0 bridgehead atoms. The van der Waals surface area contributed by atoms with Gasteiger partial charge in [-0.25, -0.2) is 0 Å². The minimum Gasteiger partial charge on any atom is -0.391 e. The van der Waals surface area contributed by atoms with E-state index in [0.717, 1.165) is 12.2 Å². The zero-order valence-electron chi connectivity index (χ0n) is 15.4. The van der Waals surface area contributed by atoms with Gasteiger partial charge in [0, 0.05) is 44.1 Å². The maximum Gasteiger partial charge on any atom is 0.236 e. The number of rotatable bonds is 6. The van der Waals surface area contributed by atoms with Gasteiger partial charge in [0.1, 0.15) is 0 Å². The standard InChI is InChI=1S/C20H26N4O2/c1-15-3-5-16(6-4-15)11-23(2)14-20(26)24-12-17(19(25)13-24)9-18-10-21-7-8-22-18/h3-8,10,17,19,25H,9,11-14H2,1-2H3/t17-,19-/m1/s1. The second-order valence-corrected chi connectivity index (χ2v) is 7.18. The Bertz CT molecular complexity index is 720. The molecule has 1 aliphatic rings. The summed E-state index contributed by atoms with van der Waals surface area (Å²) in [4.78, 5) is 24.7. The Hall–Kier alpha value is -2.31. The molecule has 1 fully saturated rings. The molecule has 26 heavy (non-hydrogen) atoms. The molecule has 1 aliphatic heterocycles. The van der Waals surface area contributed by atoms with Crippen LogP contribution in [0.15, 0.2) is 42.9 Å². The van der Waals surface area contributed by atoms with Crippen molar-refractivity contribution in [3.63, 3.8) is 0 Å². The number of hydrogen-bond donors (Lipinski definition) is 1. The number of benzene rings is 1. The van der Waals surface area contributed by atoms with Gasteiger partial charge in [-0.15, -0.1) is 0 Å². The fourth-order valence-corrected chi connectivity index (χ4v) is 3.35. The lowest BCUT2D eigenvalue weighted by Crippen LogP contribution is -2.38. The van der Waals surface area contributed by atoms with Crippen molar-refractivity contribution in [1.82, 2.24) is 19.8 Å². The summed E-state index contributed by atoms with van der Waals surface area (Å²) in [6.07, 6.45) is 5.13. The summed E-state index contributed by atoms with van der Waals surface area (Å²) < 4.78 is 0. The van der Waals surface area contributed by atoms with Gasteiger partial charge in [0.15, 0.2) is 0 Å². The average Bonchev–Trinajstić information content (AvgIpc) is 2.99. The number of hydrogen-bond acceptors (Lipinski definition) is 5. The Kier molecular flexibility index (Phi) is 5.96. The maximum atomic E-state index is 12.6. The van der Waals surface area contributed by atoms with Crippen LogP contribution in [0.5, 0.6) is 0 Å². The van der Waals surface area contributed by atoms with E-state index in [1.807, 2.05) is 11.9 Å². The van der Waals surface area contributed by atoms with E-state index >= 15 is 0 Å². The first-order valence-electron chi connectivity index (χ1n) is 8.96. The number of likely N-dealkylation sites (N-methyl/N-ethyl adjacent to an activating group) is 1. The molecule has 1 saturated heterocycles. The summed E-state index contributed by atoms with van der Waals surface area (Å²) in [5.74, 6) is 0.0679. The van der Waals surface area contributed by atoms with Gasteiger partial charge >= 0.3 is 0 Å². The van der Waals surface area contributed by atoms with Gasteiger partial charge in [-0.05, 0) is 26.0 Å². The number of aryl methyl sites for hydroxylation is 1. The van der Waals surface area contributed by atoms with Crippen LogP contribution in [0, 0.1) is 12.8 Å². The Balaban J connectivity index is 1.51. The van der Waals surface area contributed by atoms with E-state index in [-0.39, 0.29) is 11.8 Å². The van der Waals surface area contributed by atoms with E-state index in [2.05, 4.69) is 41.2 Å². The number of aliphatic hydroxyl groups excluding tert-OH is 1. The Labute approximate surface area is 154 Å². The number of aromatic nitrogens is 2. The molecule has 1 aromatic heterocycles. The molecule has 1 aromatic carbocycles. The maximum absolute atomic E-state index is 12.6. The van der Waals surface area contributed by atoms with Crippen LogP contribution in [-0.4, -0.2) is 63.6 Å². The van der Waals surface area contributed by atoms with Crippen LogP contribution in [0.2, 0.25) is 0 Å². The van der Waals surface area contributed by atoms with E-state index in [0.29, 0.717) is 26.1 Å². The lowest BCUT2D eigenvalue weighted by molar-refractivity contribution is -0.131. The van der Waals surface area contributed by atoms with Crippen LogP contribution < -0.4 is 0 Å². The minimum atomic E-state index is -0.511. The molecular formula is C20H26N4O2. The molecule has 6 nitrogen and oxygen atoms in total. The predicted octanol–water partition coefficient (Wildman–Crippen LogP) is 1.28. The van der Waals surface area contributed by atoms with Crippen LogP contribution in [0.3, 0.4) is 0 Å². The molecule has 1 amide bonds. The minimum absolute atomic E-state index is 0.0121. The second-order valence-electron chi connectivity index (χ2n) is 7.18. The topological polar surface area (TPSA) is 69.6 Å². The molecule has 1 N–H and O–H groups in total. The summed E-state index contributed by atoms with van der Waals surface area (Å²) in [5, 5.41) is 10.3. The van der Waals surface area contributed by atoms with Gasteiger partial charge < -0.3 is 10.0 Å². The quantitative estimate of drug-likeness (QED) is 0.846. The number of nitrogens with zero attached hydrogens (tertiary/aromatic N) is 4. The van der Waals surface area contributed by atoms with Crippen LogP contribution in [0.25, 0.3) is 0 Å². The molecular weight excluding hydrogens is 328 g/mol. The fraction of sp³-hybridized carbons (Fsp3) is 0.450. The van der Waals surface area contributed by atoms with E-state index < -0.39 is 6.10 Å². The molecule has 6 heteroatoms. The van der Waals surface area contributed by atoms with Crippen LogP contribution in [0.4, 0.5) is 0 Å². The fourth-order valence-electron chi connectivity index (χ4n) is 3.35. The van der Waals surface area contributed by atoms with Crippen molar-refractivity contribution in [2.45, 2.75) is 26.0 Å². The normalized spacial score (nSPS) is 19.9. The molecule has 2 heterocycles. The smallest absolute Gasteiger partial charge is 0.236 e. The van der Waals surface area contributed by atoms with Crippen molar-refractivity contribution in [2.75, 3.05) is 26.7 Å². The molecule has 0 aliphatic carbocycles. The molecule has 138 valence electrons. The van der Waals surface area contributed by atoms with Crippen molar-refractivity contribution >= 4 is 5.91 Å². The summed E-state index contributed by atoms with van der Waals surface area (Å²) in [7, 11) is 1.95. The van der Waals surface area contributed by atoms with Crippen LogP contribution in [0.1, 0.15) is 16.8 Å². The zero-order valence-corrected chi connectivity index (χ0v) is 15.4. The van der Waals surface area contributed by atoms with Crippen molar-refractivity contribution in [3.05, 3.63) is 59.7 Å². The lowest BCUT2D eigenvalue weighted by atomic mass is 10.0. The van der Waals surface area contributed by atoms with Crippen molar-refractivity contribution < 1.29 is 9.90 Å². The summed E-state index contributed by atoms with van der Waals surface area (Å²) >= 11 is 0. The second kappa shape index (κ2) is 8.38. The molecule has 2 aromatic rings. The van der Waals surface area contributed by atoms with Gasteiger partial charge in [0.2, 0.25) is 5.91 Å². The number of amides is 1. The third kappa shape index (κ3) is 4.86. The van der Waals surface area contributed by atoms with E-state index in [1.54, 1.807) is 23.5 Å². The van der Waals surface area contributed by atoms with E-state index in [1.165, 1.54) is 11.1 Å². The van der Waals surface area contributed by atoms with Gasteiger partial charge in [-0.2, -0.15) is 0 Å². The number of likely N-dealkylation sites (tertiary alicyclic amines) is 1. The first-order valence-corrected chi connectivity index (χ1v) is 8.96. The first-order chi connectivity index (χ1) is 12.5. The number of β-amino-alcohol motifs (C(OH)–C–C–N with tert-alkyl or cyclic N) is 1. The van der Waals surface area contributed by atoms with Crippen LogP contribution >= 0.6 is 0 Å². The highest BCUT2D eigenvalue weighted by atomic mass is 16.3. The Morgan fingerprint density at radius 1 is 1.27 bits per heavy atom. The van der Waals surface area contributed by atoms with Gasteiger partial charge in [0.25, 0.3) is 0 Å². The molecule has 0 saturated carbocycles. The van der Waals surface area contributed by atoms with E-state index in [4.69, 9.17) is 0 Å². The first kappa shape index (κ1) is 18.5. The van der Waals surface area contributed by atoms with Gasteiger partial charge in [0.05, 0.1) is 18.3 Å². The molecule has 0 spiro atoms. The highest BCUT2D eigenvalue weighted by Gasteiger charge is 2.34. The third-order valence-corrected chi connectivity index (χ3v) is 4.83. The van der Waals surface area contributed by atoms with Crippen molar-refractivity contribution in [3.8, 4) is 0 Å². The van der Waals surface area contributed by atoms with E-state index in [9.17, 15) is 9.90 Å². The highest BCUT2D eigenvalue weighted by Crippen LogP contribution is 2.21. The molecule has 0 radical (unpaired) electrons. The summed E-state index contributed by atoms with van der Waals surface area (Å²) in [5.41, 5.74) is 3.27. The molecule has 2 atom stereocenters. The van der Waals surface area contributed by atoms with Gasteiger partial charge in [-0.1, -0.05) is 29.8 Å². The van der Waals surface area contributed by atoms with Crippen molar-refractivity contribution in [1.29, 1.82) is 0 Å². The van der Waals surface area contributed by atoms with Gasteiger partial charge in [-0.3, -0.25) is 19.7 Å².